The molecule has 0 atom stereocenters. The average molecular weight is 426 g/mol. The molecule has 166 valence electrons. The van der Waals surface area contributed by atoms with Crippen molar-refractivity contribution >= 4 is 29.2 Å². The Morgan fingerprint density at radius 1 is 0.903 bits per heavy atom. The lowest BCUT2D eigenvalue weighted by atomic mass is 10.1. The van der Waals surface area contributed by atoms with Crippen LogP contribution in [0.2, 0.25) is 0 Å². The van der Waals surface area contributed by atoms with Crippen molar-refractivity contribution in [3.05, 3.63) is 58.7 Å². The predicted octanol–water partition coefficient (Wildman–Crippen LogP) is 3.69. The molecule has 0 aromatic heterocycles. The SMILES string of the molecule is Cc1cc(C)c(NC(=O)CN(C)CC(=O)Nc2ccc(C(=O)OC(C)C)cc2)c(C)c1. The number of ether oxygens (including phenoxy) is 1. The minimum absolute atomic E-state index is 0.0520. The van der Waals surface area contributed by atoms with Gasteiger partial charge in [0.1, 0.15) is 0 Å². The number of aryl methyl sites for hydroxylation is 3. The normalized spacial score (nSPS) is 10.8. The van der Waals surface area contributed by atoms with E-state index < -0.39 is 5.97 Å². The van der Waals surface area contributed by atoms with Crippen molar-refractivity contribution < 1.29 is 19.1 Å². The van der Waals surface area contributed by atoms with Gasteiger partial charge in [-0.05, 0) is 77.1 Å². The first kappa shape index (κ1) is 24.1. The predicted molar refractivity (Wildman–Crippen MR) is 122 cm³/mol. The first-order valence-corrected chi connectivity index (χ1v) is 10.2. The van der Waals surface area contributed by atoms with Crippen LogP contribution >= 0.6 is 0 Å². The molecule has 0 saturated heterocycles. The third kappa shape index (κ3) is 7.53. The van der Waals surface area contributed by atoms with Crippen molar-refractivity contribution in [2.75, 3.05) is 30.8 Å². The Kier molecular flexibility index (Phi) is 8.33. The van der Waals surface area contributed by atoms with Gasteiger partial charge in [0.2, 0.25) is 11.8 Å². The zero-order valence-corrected chi connectivity index (χ0v) is 19.0. The van der Waals surface area contributed by atoms with Gasteiger partial charge in [0.05, 0.1) is 24.8 Å². The molecule has 2 aromatic carbocycles. The maximum atomic E-state index is 12.4. The Morgan fingerprint density at radius 2 is 1.42 bits per heavy atom. The molecule has 0 aliphatic heterocycles. The first-order valence-electron chi connectivity index (χ1n) is 10.2. The molecular formula is C24H31N3O4. The number of esters is 1. The van der Waals surface area contributed by atoms with Crippen LogP contribution < -0.4 is 10.6 Å². The quantitative estimate of drug-likeness (QED) is 0.630. The molecular weight excluding hydrogens is 394 g/mol. The van der Waals surface area contributed by atoms with Crippen LogP contribution in [0.1, 0.15) is 40.9 Å². The van der Waals surface area contributed by atoms with E-state index in [-0.39, 0.29) is 31.0 Å². The van der Waals surface area contributed by atoms with Gasteiger partial charge in [0.25, 0.3) is 0 Å². The van der Waals surface area contributed by atoms with Crippen LogP contribution in [0.5, 0.6) is 0 Å². The molecule has 0 spiro atoms. The van der Waals surface area contributed by atoms with Crippen LogP contribution in [-0.2, 0) is 14.3 Å². The van der Waals surface area contributed by atoms with Gasteiger partial charge in [-0.15, -0.1) is 0 Å². The lowest BCUT2D eigenvalue weighted by Crippen LogP contribution is -2.36. The third-order valence-corrected chi connectivity index (χ3v) is 4.52. The van der Waals surface area contributed by atoms with Gasteiger partial charge in [-0.1, -0.05) is 17.7 Å². The Bertz CT molecular complexity index is 929. The second-order valence-corrected chi connectivity index (χ2v) is 8.07. The molecule has 0 saturated carbocycles. The van der Waals surface area contributed by atoms with Gasteiger partial charge in [0, 0.05) is 11.4 Å². The van der Waals surface area contributed by atoms with Crippen molar-refractivity contribution in [2.24, 2.45) is 0 Å². The third-order valence-electron chi connectivity index (χ3n) is 4.52. The van der Waals surface area contributed by atoms with Crippen molar-refractivity contribution in [2.45, 2.75) is 40.7 Å². The molecule has 7 nitrogen and oxygen atoms in total. The molecule has 0 fully saturated rings. The van der Waals surface area contributed by atoms with E-state index in [1.807, 2.05) is 32.9 Å². The Labute approximate surface area is 183 Å². The highest BCUT2D eigenvalue weighted by atomic mass is 16.5. The van der Waals surface area contributed by atoms with Crippen molar-refractivity contribution in [3.63, 3.8) is 0 Å². The molecule has 0 aliphatic rings. The monoisotopic (exact) mass is 425 g/mol. The molecule has 31 heavy (non-hydrogen) atoms. The summed E-state index contributed by atoms with van der Waals surface area (Å²) in [7, 11) is 1.71. The second-order valence-electron chi connectivity index (χ2n) is 8.07. The fourth-order valence-electron chi connectivity index (χ4n) is 3.27. The van der Waals surface area contributed by atoms with E-state index >= 15 is 0 Å². The standard InChI is InChI=1S/C24H31N3O4/c1-15(2)31-24(30)19-7-9-20(10-8-19)25-21(28)13-27(6)14-22(29)26-23-17(4)11-16(3)12-18(23)5/h7-12,15H,13-14H2,1-6H3,(H,25,28)(H,26,29). The average Bonchev–Trinajstić information content (AvgIpc) is 2.64. The van der Waals surface area contributed by atoms with Crippen LogP contribution in [0.15, 0.2) is 36.4 Å². The van der Waals surface area contributed by atoms with Gasteiger partial charge in [-0.3, -0.25) is 14.5 Å². The molecule has 7 heteroatoms. The van der Waals surface area contributed by atoms with E-state index in [0.717, 1.165) is 22.4 Å². The van der Waals surface area contributed by atoms with Gasteiger partial charge < -0.3 is 15.4 Å². The molecule has 2 N–H and O–H groups in total. The molecule has 0 heterocycles. The fraction of sp³-hybridized carbons (Fsp3) is 0.375. The van der Waals surface area contributed by atoms with Crippen LogP contribution in [-0.4, -0.2) is 48.9 Å². The maximum Gasteiger partial charge on any atom is 0.338 e. The summed E-state index contributed by atoms with van der Waals surface area (Å²) in [5, 5.41) is 5.70. The van der Waals surface area contributed by atoms with Crippen molar-refractivity contribution in [3.8, 4) is 0 Å². The summed E-state index contributed by atoms with van der Waals surface area (Å²) in [6, 6.07) is 10.5. The summed E-state index contributed by atoms with van der Waals surface area (Å²) in [6.07, 6.45) is -0.196. The number of likely N-dealkylation sites (N-methyl/N-ethyl adjacent to an activating group) is 1. The van der Waals surface area contributed by atoms with Gasteiger partial charge >= 0.3 is 5.97 Å². The number of hydrogen-bond acceptors (Lipinski definition) is 5. The Morgan fingerprint density at radius 3 is 1.94 bits per heavy atom. The first-order chi connectivity index (χ1) is 14.5. The summed E-state index contributed by atoms with van der Waals surface area (Å²) in [5.41, 5.74) is 4.95. The lowest BCUT2D eigenvalue weighted by molar-refractivity contribution is -0.119. The molecule has 0 unspecified atom stereocenters. The highest BCUT2D eigenvalue weighted by Gasteiger charge is 2.14. The van der Waals surface area contributed by atoms with E-state index in [9.17, 15) is 14.4 Å². The number of benzene rings is 2. The minimum Gasteiger partial charge on any atom is -0.459 e. The number of amides is 2. The van der Waals surface area contributed by atoms with Gasteiger partial charge in [-0.25, -0.2) is 4.79 Å². The molecule has 2 amide bonds. The van der Waals surface area contributed by atoms with Crippen molar-refractivity contribution in [1.29, 1.82) is 0 Å². The Hall–Kier alpha value is -3.19. The highest BCUT2D eigenvalue weighted by molar-refractivity contribution is 5.96. The van der Waals surface area contributed by atoms with Crippen LogP contribution in [0.4, 0.5) is 11.4 Å². The largest absolute Gasteiger partial charge is 0.459 e. The lowest BCUT2D eigenvalue weighted by Gasteiger charge is -2.18. The van der Waals surface area contributed by atoms with Gasteiger partial charge in [-0.2, -0.15) is 0 Å². The summed E-state index contributed by atoms with van der Waals surface area (Å²) in [6.45, 7) is 9.64. The number of carbonyl (C=O) groups excluding carboxylic acids is 3. The van der Waals surface area contributed by atoms with Crippen LogP contribution in [0, 0.1) is 20.8 Å². The number of hydrogen-bond donors (Lipinski definition) is 2. The van der Waals surface area contributed by atoms with E-state index in [1.54, 1.807) is 50.1 Å². The van der Waals surface area contributed by atoms with E-state index in [4.69, 9.17) is 4.74 Å². The van der Waals surface area contributed by atoms with E-state index in [1.165, 1.54) is 0 Å². The van der Waals surface area contributed by atoms with E-state index in [2.05, 4.69) is 10.6 Å². The number of rotatable bonds is 8. The topological polar surface area (TPSA) is 87.7 Å². The summed E-state index contributed by atoms with van der Waals surface area (Å²) < 4.78 is 5.14. The van der Waals surface area contributed by atoms with Crippen LogP contribution in [0.3, 0.4) is 0 Å². The number of carbonyl (C=O) groups is 3. The van der Waals surface area contributed by atoms with Gasteiger partial charge in [0.15, 0.2) is 0 Å². The maximum absolute atomic E-state index is 12.4. The van der Waals surface area contributed by atoms with Crippen LogP contribution in [0.25, 0.3) is 0 Å². The zero-order chi connectivity index (χ0) is 23.1. The highest BCUT2D eigenvalue weighted by Crippen LogP contribution is 2.21. The molecule has 0 radical (unpaired) electrons. The van der Waals surface area contributed by atoms with E-state index in [0.29, 0.717) is 11.3 Å². The molecule has 0 bridgehead atoms. The fourth-order valence-corrected chi connectivity index (χ4v) is 3.27. The number of anilines is 2. The minimum atomic E-state index is -0.405. The molecule has 0 aliphatic carbocycles. The summed E-state index contributed by atoms with van der Waals surface area (Å²) in [5.74, 6) is -0.841. The summed E-state index contributed by atoms with van der Waals surface area (Å²) >= 11 is 0. The Balaban J connectivity index is 1.85. The summed E-state index contributed by atoms with van der Waals surface area (Å²) in [4.78, 5) is 38.2. The van der Waals surface area contributed by atoms with Crippen molar-refractivity contribution in [1.82, 2.24) is 4.90 Å². The number of nitrogens with zero attached hydrogens (tertiary/aromatic N) is 1. The molecule has 2 rings (SSSR count). The zero-order valence-electron chi connectivity index (χ0n) is 19.0. The number of nitrogens with one attached hydrogen (secondary N) is 2. The smallest absolute Gasteiger partial charge is 0.338 e. The molecule has 2 aromatic rings. The second kappa shape index (κ2) is 10.7.